The Morgan fingerprint density at radius 1 is 1.10 bits per heavy atom. The van der Waals surface area contributed by atoms with Crippen LogP contribution in [0.1, 0.15) is 26.4 Å². The Hall–Kier alpha value is -2.95. The fourth-order valence-electron chi connectivity index (χ4n) is 2.73. The lowest BCUT2D eigenvalue weighted by Crippen LogP contribution is -2.26. The van der Waals surface area contributed by atoms with Gasteiger partial charge >= 0.3 is 0 Å². The second kappa shape index (κ2) is 4.02. The van der Waals surface area contributed by atoms with Crippen molar-refractivity contribution in [1.29, 1.82) is 0 Å². The molecule has 0 unspecified atom stereocenters. The Bertz CT molecular complexity index is 924. The van der Waals surface area contributed by atoms with Crippen LogP contribution in [0.15, 0.2) is 42.7 Å². The van der Waals surface area contributed by atoms with Crippen LogP contribution in [-0.2, 0) is 0 Å². The van der Waals surface area contributed by atoms with Crippen LogP contribution in [0, 0.1) is 0 Å². The highest BCUT2D eigenvalue weighted by Crippen LogP contribution is 2.30. The highest BCUT2D eigenvalue weighted by molar-refractivity contribution is 6.23. The third-order valence-corrected chi connectivity index (χ3v) is 3.74. The Balaban J connectivity index is 2.05. The Kier molecular flexibility index (Phi) is 2.27. The van der Waals surface area contributed by atoms with E-state index >= 15 is 0 Å². The van der Waals surface area contributed by atoms with E-state index in [4.69, 9.17) is 4.74 Å². The van der Waals surface area contributed by atoms with Gasteiger partial charge in [-0.1, -0.05) is 0 Å². The summed E-state index contributed by atoms with van der Waals surface area (Å²) in [5.74, 6) is 0.291. The minimum Gasteiger partial charge on any atom is -0.497 e. The number of hydrogen-bond acceptors (Lipinski definition) is 4. The van der Waals surface area contributed by atoms with Crippen LogP contribution >= 0.6 is 0 Å². The summed E-state index contributed by atoms with van der Waals surface area (Å²) < 4.78 is 6.63. The van der Waals surface area contributed by atoms with Crippen LogP contribution in [0.4, 0.5) is 0 Å². The molecular weight excluding hydrogens is 268 g/mol. The van der Waals surface area contributed by atoms with Crippen LogP contribution in [0.3, 0.4) is 0 Å². The standard InChI is InChI=1S/C16H10N2O3/c1-21-10-2-3-13-9(6-10)7-14-15(19)11-4-5-17-8-12(11)16(20)18(13)14/h2-8H,1H3. The van der Waals surface area contributed by atoms with Gasteiger partial charge in [-0.25, -0.2) is 0 Å². The molecule has 2 aromatic heterocycles. The number of nitrogens with zero attached hydrogens (tertiary/aromatic N) is 2. The molecule has 0 saturated heterocycles. The average Bonchev–Trinajstić information content (AvgIpc) is 2.91. The van der Waals surface area contributed by atoms with Crippen LogP contribution in [0.25, 0.3) is 10.9 Å². The monoisotopic (exact) mass is 278 g/mol. The SMILES string of the molecule is COc1ccc2c(c1)cc1n2C(=O)c2cnccc2C1=O. The van der Waals surface area contributed by atoms with Crippen LogP contribution < -0.4 is 4.74 Å². The molecule has 0 amide bonds. The molecule has 4 rings (SSSR count). The number of methoxy groups -OCH3 is 1. The molecule has 0 bridgehead atoms. The number of ether oxygens (including phenoxy) is 1. The third-order valence-electron chi connectivity index (χ3n) is 3.74. The molecule has 0 aliphatic carbocycles. The number of rotatable bonds is 1. The third kappa shape index (κ3) is 1.48. The van der Waals surface area contributed by atoms with Crippen LogP contribution in [0.5, 0.6) is 5.75 Å². The predicted octanol–water partition coefficient (Wildman–Crippen LogP) is 2.28. The average molecular weight is 278 g/mol. The number of ketones is 1. The number of aromatic nitrogens is 2. The summed E-state index contributed by atoms with van der Waals surface area (Å²) in [5.41, 5.74) is 1.81. The fourth-order valence-corrected chi connectivity index (χ4v) is 2.73. The molecule has 21 heavy (non-hydrogen) atoms. The lowest BCUT2D eigenvalue weighted by Gasteiger charge is -2.16. The minimum atomic E-state index is -0.229. The minimum absolute atomic E-state index is 0.165. The van der Waals surface area contributed by atoms with E-state index in [1.807, 2.05) is 6.07 Å². The Morgan fingerprint density at radius 3 is 2.76 bits per heavy atom. The van der Waals surface area contributed by atoms with E-state index in [-0.39, 0.29) is 11.7 Å². The van der Waals surface area contributed by atoms with Crippen molar-refractivity contribution in [2.24, 2.45) is 0 Å². The lowest BCUT2D eigenvalue weighted by molar-refractivity contribution is 0.0914. The van der Waals surface area contributed by atoms with Gasteiger partial charge in [0.15, 0.2) is 0 Å². The number of benzene rings is 1. The first-order valence-electron chi connectivity index (χ1n) is 6.43. The summed E-state index contributed by atoms with van der Waals surface area (Å²) in [5, 5.41) is 0.798. The van der Waals surface area contributed by atoms with Gasteiger partial charge in [0.05, 0.1) is 23.9 Å². The molecule has 1 aliphatic heterocycles. The summed E-state index contributed by atoms with van der Waals surface area (Å²) in [6.07, 6.45) is 2.96. The Labute approximate surface area is 119 Å². The number of hydrogen-bond donors (Lipinski definition) is 0. The second-order valence-electron chi connectivity index (χ2n) is 4.85. The lowest BCUT2D eigenvalue weighted by atomic mass is 10.00. The van der Waals surface area contributed by atoms with E-state index in [0.717, 1.165) is 5.39 Å². The fraction of sp³-hybridized carbons (Fsp3) is 0.0625. The Morgan fingerprint density at radius 2 is 1.95 bits per heavy atom. The quantitative estimate of drug-likeness (QED) is 0.536. The molecule has 1 aromatic carbocycles. The van der Waals surface area contributed by atoms with Crippen molar-refractivity contribution < 1.29 is 14.3 Å². The summed E-state index contributed by atoms with van der Waals surface area (Å²) in [6.45, 7) is 0. The van der Waals surface area contributed by atoms with E-state index in [1.165, 1.54) is 17.0 Å². The normalized spacial score (nSPS) is 13.2. The van der Waals surface area contributed by atoms with Gasteiger partial charge < -0.3 is 4.74 Å². The van der Waals surface area contributed by atoms with Crippen LogP contribution in [-0.4, -0.2) is 28.4 Å². The van der Waals surface area contributed by atoms with Gasteiger partial charge in [-0.15, -0.1) is 0 Å². The van der Waals surface area contributed by atoms with Crippen molar-refractivity contribution in [3.63, 3.8) is 0 Å². The zero-order valence-corrected chi connectivity index (χ0v) is 11.2. The summed E-state index contributed by atoms with van der Waals surface area (Å²) in [4.78, 5) is 29.1. The topological polar surface area (TPSA) is 61.2 Å². The zero-order valence-electron chi connectivity index (χ0n) is 11.2. The van der Waals surface area contributed by atoms with Crippen molar-refractivity contribution in [1.82, 2.24) is 9.55 Å². The summed E-state index contributed by atoms with van der Waals surface area (Å²) >= 11 is 0. The van der Waals surface area contributed by atoms with Gasteiger partial charge in [-0.2, -0.15) is 0 Å². The first kappa shape index (κ1) is 11.8. The van der Waals surface area contributed by atoms with Gasteiger partial charge in [0.1, 0.15) is 5.75 Å². The van der Waals surface area contributed by atoms with E-state index in [0.29, 0.717) is 28.1 Å². The second-order valence-corrected chi connectivity index (χ2v) is 4.85. The van der Waals surface area contributed by atoms with Crippen LogP contribution in [0.2, 0.25) is 0 Å². The number of carbonyl (C=O) groups is 2. The molecule has 102 valence electrons. The molecule has 0 atom stereocenters. The maximum absolute atomic E-state index is 12.6. The molecule has 5 nitrogen and oxygen atoms in total. The van der Waals surface area contributed by atoms with Crippen molar-refractivity contribution in [2.75, 3.05) is 7.11 Å². The van der Waals surface area contributed by atoms with Crippen molar-refractivity contribution in [2.45, 2.75) is 0 Å². The highest BCUT2D eigenvalue weighted by Gasteiger charge is 2.31. The van der Waals surface area contributed by atoms with E-state index in [1.54, 1.807) is 31.4 Å². The molecule has 3 aromatic rings. The molecular formula is C16H10N2O3. The molecule has 0 spiro atoms. The number of fused-ring (bicyclic) bond motifs is 4. The maximum atomic E-state index is 12.6. The maximum Gasteiger partial charge on any atom is 0.265 e. The van der Waals surface area contributed by atoms with Gasteiger partial charge in [-0.3, -0.25) is 19.1 Å². The van der Waals surface area contributed by atoms with E-state index < -0.39 is 0 Å². The van der Waals surface area contributed by atoms with Gasteiger partial charge in [0.2, 0.25) is 5.78 Å². The summed E-state index contributed by atoms with van der Waals surface area (Å²) in [6, 6.07) is 8.67. The smallest absolute Gasteiger partial charge is 0.265 e. The number of carbonyl (C=O) groups excluding carboxylic acids is 2. The highest BCUT2D eigenvalue weighted by atomic mass is 16.5. The summed E-state index contributed by atoms with van der Waals surface area (Å²) in [7, 11) is 1.58. The van der Waals surface area contributed by atoms with Crippen molar-refractivity contribution >= 4 is 22.6 Å². The zero-order chi connectivity index (χ0) is 14.6. The number of pyridine rings is 1. The molecule has 0 radical (unpaired) electrons. The van der Waals surface area contributed by atoms with Crippen molar-refractivity contribution in [3.8, 4) is 5.75 Å². The predicted molar refractivity (Wildman–Crippen MR) is 75.9 cm³/mol. The first-order chi connectivity index (χ1) is 10.2. The largest absolute Gasteiger partial charge is 0.497 e. The van der Waals surface area contributed by atoms with E-state index in [9.17, 15) is 9.59 Å². The molecule has 1 aliphatic rings. The molecule has 0 N–H and O–H groups in total. The molecule has 0 fully saturated rings. The molecule has 3 heterocycles. The molecule has 0 saturated carbocycles. The van der Waals surface area contributed by atoms with Gasteiger partial charge in [-0.05, 0) is 30.3 Å². The van der Waals surface area contributed by atoms with Crippen molar-refractivity contribution in [3.05, 3.63) is 59.5 Å². The molecule has 5 heteroatoms. The van der Waals surface area contributed by atoms with Gasteiger partial charge in [0.25, 0.3) is 5.91 Å². The van der Waals surface area contributed by atoms with Gasteiger partial charge in [0, 0.05) is 23.3 Å². The van der Waals surface area contributed by atoms with E-state index in [2.05, 4.69) is 4.98 Å². The first-order valence-corrected chi connectivity index (χ1v) is 6.43.